The Labute approximate surface area is 124 Å². The molecule has 0 bridgehead atoms. The van der Waals surface area contributed by atoms with E-state index in [1.54, 1.807) is 0 Å². The second-order valence-electron chi connectivity index (χ2n) is 7.05. The second kappa shape index (κ2) is 8.98. The third-order valence-electron chi connectivity index (χ3n) is 3.19. The summed E-state index contributed by atoms with van der Waals surface area (Å²) in [5.74, 6) is 0.693. The molecule has 1 N–H and O–H groups in total. The summed E-state index contributed by atoms with van der Waals surface area (Å²) < 4.78 is 17.2. The van der Waals surface area contributed by atoms with E-state index in [9.17, 15) is 0 Å². The summed E-state index contributed by atoms with van der Waals surface area (Å²) in [6.45, 7) is 14.6. The SMILES string of the molecule is CC(C)CNCC1CCC(COCCOC(C)(C)C)O1. The summed E-state index contributed by atoms with van der Waals surface area (Å²) >= 11 is 0. The largest absolute Gasteiger partial charge is 0.376 e. The van der Waals surface area contributed by atoms with Crippen molar-refractivity contribution >= 4 is 0 Å². The minimum absolute atomic E-state index is 0.0829. The first kappa shape index (κ1) is 17.9. The fourth-order valence-electron chi connectivity index (χ4n) is 2.21. The molecule has 20 heavy (non-hydrogen) atoms. The summed E-state index contributed by atoms with van der Waals surface area (Å²) in [6.07, 6.45) is 2.86. The molecule has 0 aromatic rings. The van der Waals surface area contributed by atoms with Gasteiger partial charge in [-0.2, -0.15) is 0 Å². The maximum atomic E-state index is 5.96. The van der Waals surface area contributed by atoms with Crippen molar-refractivity contribution in [3.63, 3.8) is 0 Å². The molecule has 1 saturated heterocycles. The van der Waals surface area contributed by atoms with Gasteiger partial charge in [-0.15, -0.1) is 0 Å². The molecule has 1 heterocycles. The molecule has 0 spiro atoms. The van der Waals surface area contributed by atoms with Crippen LogP contribution in [0.5, 0.6) is 0 Å². The van der Waals surface area contributed by atoms with Crippen molar-refractivity contribution in [1.82, 2.24) is 5.32 Å². The van der Waals surface area contributed by atoms with Gasteiger partial charge in [0.25, 0.3) is 0 Å². The predicted octanol–water partition coefficient (Wildman–Crippen LogP) is 2.61. The number of hydrogen-bond donors (Lipinski definition) is 1. The van der Waals surface area contributed by atoms with Gasteiger partial charge >= 0.3 is 0 Å². The Balaban J connectivity index is 1.98. The van der Waals surface area contributed by atoms with E-state index in [0.29, 0.717) is 31.8 Å². The third-order valence-corrected chi connectivity index (χ3v) is 3.19. The smallest absolute Gasteiger partial charge is 0.0813 e. The quantitative estimate of drug-likeness (QED) is 0.662. The standard InChI is InChI=1S/C16H33NO3/c1-13(2)10-17-11-14-6-7-15(20-14)12-18-8-9-19-16(3,4)5/h13-15,17H,6-12H2,1-5H3. The van der Waals surface area contributed by atoms with Crippen molar-refractivity contribution < 1.29 is 14.2 Å². The van der Waals surface area contributed by atoms with Crippen LogP contribution in [0.25, 0.3) is 0 Å². The van der Waals surface area contributed by atoms with Gasteiger partial charge in [-0.3, -0.25) is 0 Å². The maximum Gasteiger partial charge on any atom is 0.0813 e. The third kappa shape index (κ3) is 8.90. The average Bonchev–Trinajstić information content (AvgIpc) is 2.74. The Hall–Kier alpha value is -0.160. The van der Waals surface area contributed by atoms with Crippen LogP contribution in [0.15, 0.2) is 0 Å². The molecule has 0 radical (unpaired) electrons. The zero-order valence-corrected chi connectivity index (χ0v) is 13.9. The monoisotopic (exact) mass is 287 g/mol. The van der Waals surface area contributed by atoms with Crippen LogP contribution in [0, 0.1) is 5.92 Å². The highest BCUT2D eigenvalue weighted by molar-refractivity contribution is 4.75. The molecule has 1 rings (SSSR count). The lowest BCUT2D eigenvalue weighted by atomic mass is 10.2. The molecule has 2 unspecified atom stereocenters. The highest BCUT2D eigenvalue weighted by Crippen LogP contribution is 2.19. The van der Waals surface area contributed by atoms with E-state index in [0.717, 1.165) is 25.9 Å². The van der Waals surface area contributed by atoms with Crippen molar-refractivity contribution in [3.8, 4) is 0 Å². The Bertz CT molecular complexity index is 251. The molecule has 0 amide bonds. The minimum Gasteiger partial charge on any atom is -0.376 e. The molecule has 1 fully saturated rings. The summed E-state index contributed by atoms with van der Waals surface area (Å²) in [6, 6.07) is 0. The molecule has 0 saturated carbocycles. The normalized spacial score (nSPS) is 23.7. The van der Waals surface area contributed by atoms with Crippen LogP contribution in [0.3, 0.4) is 0 Å². The minimum atomic E-state index is -0.0829. The predicted molar refractivity (Wildman–Crippen MR) is 82.1 cm³/mol. The van der Waals surface area contributed by atoms with Crippen molar-refractivity contribution in [2.75, 3.05) is 32.9 Å². The van der Waals surface area contributed by atoms with E-state index in [2.05, 4.69) is 39.9 Å². The van der Waals surface area contributed by atoms with Crippen LogP contribution in [0.4, 0.5) is 0 Å². The highest BCUT2D eigenvalue weighted by atomic mass is 16.6. The van der Waals surface area contributed by atoms with Gasteiger partial charge in [-0.1, -0.05) is 13.8 Å². The molecule has 4 nitrogen and oxygen atoms in total. The highest BCUT2D eigenvalue weighted by Gasteiger charge is 2.24. The van der Waals surface area contributed by atoms with E-state index in [-0.39, 0.29) is 11.7 Å². The Morgan fingerprint density at radius 3 is 2.50 bits per heavy atom. The maximum absolute atomic E-state index is 5.96. The number of nitrogens with one attached hydrogen (secondary N) is 1. The average molecular weight is 287 g/mol. The zero-order valence-electron chi connectivity index (χ0n) is 13.9. The molecule has 4 heteroatoms. The van der Waals surface area contributed by atoms with Crippen LogP contribution >= 0.6 is 0 Å². The second-order valence-corrected chi connectivity index (χ2v) is 7.05. The number of ether oxygens (including phenoxy) is 3. The zero-order chi connectivity index (χ0) is 15.0. The van der Waals surface area contributed by atoms with Gasteiger partial charge < -0.3 is 19.5 Å². The van der Waals surface area contributed by atoms with Crippen molar-refractivity contribution in [2.45, 2.75) is 65.3 Å². The first-order valence-electron chi connectivity index (χ1n) is 7.94. The van der Waals surface area contributed by atoms with Crippen LogP contribution in [-0.2, 0) is 14.2 Å². The van der Waals surface area contributed by atoms with Gasteiger partial charge in [0.2, 0.25) is 0 Å². The summed E-state index contributed by atoms with van der Waals surface area (Å²) in [7, 11) is 0. The molecule has 2 atom stereocenters. The van der Waals surface area contributed by atoms with Gasteiger partial charge in [0, 0.05) is 6.54 Å². The Kier molecular flexibility index (Phi) is 8.03. The molecule has 1 aliphatic rings. The molecule has 0 aromatic carbocycles. The first-order valence-corrected chi connectivity index (χ1v) is 7.94. The van der Waals surface area contributed by atoms with Gasteiger partial charge in [0.1, 0.15) is 0 Å². The molecule has 0 aromatic heterocycles. The molecular weight excluding hydrogens is 254 g/mol. The fraction of sp³-hybridized carbons (Fsp3) is 1.00. The lowest BCUT2D eigenvalue weighted by molar-refractivity contribution is -0.0575. The van der Waals surface area contributed by atoms with Gasteiger partial charge in [-0.25, -0.2) is 0 Å². The summed E-state index contributed by atoms with van der Waals surface area (Å²) in [5, 5.41) is 3.45. The summed E-state index contributed by atoms with van der Waals surface area (Å²) in [4.78, 5) is 0. The van der Waals surface area contributed by atoms with Crippen molar-refractivity contribution in [1.29, 1.82) is 0 Å². The van der Waals surface area contributed by atoms with E-state index in [1.165, 1.54) is 0 Å². The van der Waals surface area contributed by atoms with Gasteiger partial charge in [0.05, 0.1) is 37.6 Å². The van der Waals surface area contributed by atoms with Gasteiger partial charge in [0.15, 0.2) is 0 Å². The molecule has 120 valence electrons. The molecule has 0 aliphatic carbocycles. The van der Waals surface area contributed by atoms with Crippen LogP contribution in [-0.4, -0.2) is 50.7 Å². The lowest BCUT2D eigenvalue weighted by Gasteiger charge is -2.20. The van der Waals surface area contributed by atoms with Gasteiger partial charge in [-0.05, 0) is 46.1 Å². The number of hydrogen-bond acceptors (Lipinski definition) is 4. The van der Waals surface area contributed by atoms with E-state index in [4.69, 9.17) is 14.2 Å². The van der Waals surface area contributed by atoms with E-state index >= 15 is 0 Å². The van der Waals surface area contributed by atoms with Crippen LogP contribution in [0.2, 0.25) is 0 Å². The lowest BCUT2D eigenvalue weighted by Crippen LogP contribution is -2.30. The Morgan fingerprint density at radius 2 is 1.85 bits per heavy atom. The summed E-state index contributed by atoms with van der Waals surface area (Å²) in [5.41, 5.74) is -0.0829. The van der Waals surface area contributed by atoms with Crippen LogP contribution < -0.4 is 5.32 Å². The fourth-order valence-corrected chi connectivity index (χ4v) is 2.21. The van der Waals surface area contributed by atoms with Crippen molar-refractivity contribution in [2.24, 2.45) is 5.92 Å². The first-order chi connectivity index (χ1) is 9.37. The van der Waals surface area contributed by atoms with Crippen LogP contribution in [0.1, 0.15) is 47.5 Å². The molecular formula is C16H33NO3. The van der Waals surface area contributed by atoms with E-state index in [1.807, 2.05) is 0 Å². The topological polar surface area (TPSA) is 39.7 Å². The van der Waals surface area contributed by atoms with E-state index < -0.39 is 0 Å². The Morgan fingerprint density at radius 1 is 1.15 bits per heavy atom. The number of rotatable bonds is 9. The van der Waals surface area contributed by atoms with Crippen molar-refractivity contribution in [3.05, 3.63) is 0 Å². The molecule has 1 aliphatic heterocycles.